The maximum absolute atomic E-state index is 5.94. The summed E-state index contributed by atoms with van der Waals surface area (Å²) in [5.74, 6) is 1.20. The van der Waals surface area contributed by atoms with Crippen molar-refractivity contribution in [2.45, 2.75) is 18.2 Å². The zero-order chi connectivity index (χ0) is 12.4. The molecule has 0 aliphatic heterocycles. The summed E-state index contributed by atoms with van der Waals surface area (Å²) in [6.07, 6.45) is 1.19. The lowest BCUT2D eigenvalue weighted by Crippen LogP contribution is -2.24. The van der Waals surface area contributed by atoms with E-state index in [-0.39, 0.29) is 0 Å². The summed E-state index contributed by atoms with van der Waals surface area (Å²) in [6, 6.07) is 16.9. The lowest BCUT2D eigenvalue weighted by Gasteiger charge is -2.30. The highest BCUT2D eigenvalue weighted by Gasteiger charge is 2.24. The Kier molecular flexibility index (Phi) is 3.24. The zero-order valence-corrected chi connectivity index (χ0v) is 11.0. The molecule has 92 valence electrons. The van der Waals surface area contributed by atoms with Crippen molar-refractivity contribution in [2.24, 2.45) is 0 Å². The van der Waals surface area contributed by atoms with Crippen LogP contribution in [0.5, 0.6) is 0 Å². The van der Waals surface area contributed by atoms with Gasteiger partial charge >= 0.3 is 0 Å². The van der Waals surface area contributed by atoms with Crippen molar-refractivity contribution < 1.29 is 0 Å². The molecule has 0 bridgehead atoms. The smallest absolute Gasteiger partial charge is 0.0494 e. The van der Waals surface area contributed by atoms with Gasteiger partial charge in [-0.1, -0.05) is 42.5 Å². The van der Waals surface area contributed by atoms with Gasteiger partial charge in [-0.15, -0.1) is 11.6 Å². The van der Waals surface area contributed by atoms with Crippen LogP contribution in [0.3, 0.4) is 0 Å². The second kappa shape index (κ2) is 5.03. The molecule has 0 fully saturated rings. The first-order valence-corrected chi connectivity index (χ1v) is 6.87. The Morgan fingerprint density at radius 2 is 1.83 bits per heavy atom. The third-order valence-electron chi connectivity index (χ3n) is 3.66. The summed E-state index contributed by atoms with van der Waals surface area (Å²) < 4.78 is 0. The summed E-state index contributed by atoms with van der Waals surface area (Å²) >= 11 is 5.94. The van der Waals surface area contributed by atoms with Gasteiger partial charge in [0.25, 0.3) is 0 Å². The molecule has 0 amide bonds. The van der Waals surface area contributed by atoms with Crippen molar-refractivity contribution >= 4 is 17.3 Å². The third kappa shape index (κ3) is 2.11. The lowest BCUT2D eigenvalue weighted by molar-refractivity contribution is 0.635. The van der Waals surface area contributed by atoms with E-state index >= 15 is 0 Å². The van der Waals surface area contributed by atoms with Gasteiger partial charge in [-0.2, -0.15) is 0 Å². The SMILES string of the molecule is ClCc1ccccc1NCC1Cc2ccccc21. The molecule has 1 N–H and O–H groups in total. The fourth-order valence-corrected chi connectivity index (χ4v) is 2.82. The Bertz CT molecular complexity index is 550. The Balaban J connectivity index is 1.67. The molecule has 2 heteroatoms. The fraction of sp³-hybridized carbons (Fsp3) is 0.250. The summed E-state index contributed by atoms with van der Waals surface area (Å²) in [5.41, 5.74) is 5.33. The molecule has 0 heterocycles. The number of nitrogens with one attached hydrogen (secondary N) is 1. The monoisotopic (exact) mass is 257 g/mol. The molecule has 3 rings (SSSR count). The molecule has 18 heavy (non-hydrogen) atoms. The minimum atomic E-state index is 0.560. The van der Waals surface area contributed by atoms with Gasteiger partial charge in [-0.3, -0.25) is 0 Å². The molecule has 1 unspecified atom stereocenters. The number of para-hydroxylation sites is 1. The van der Waals surface area contributed by atoms with Crippen molar-refractivity contribution in [1.29, 1.82) is 0 Å². The van der Waals surface area contributed by atoms with Gasteiger partial charge in [0.15, 0.2) is 0 Å². The molecule has 1 aliphatic carbocycles. The van der Waals surface area contributed by atoms with Gasteiger partial charge in [0.2, 0.25) is 0 Å². The van der Waals surface area contributed by atoms with E-state index in [4.69, 9.17) is 11.6 Å². The number of halogens is 1. The first-order valence-electron chi connectivity index (χ1n) is 6.34. The van der Waals surface area contributed by atoms with Crippen LogP contribution in [0.4, 0.5) is 5.69 Å². The van der Waals surface area contributed by atoms with E-state index in [1.165, 1.54) is 23.1 Å². The van der Waals surface area contributed by atoms with E-state index in [0.717, 1.165) is 12.2 Å². The molecular weight excluding hydrogens is 242 g/mol. The molecule has 2 aromatic carbocycles. The molecule has 0 aromatic heterocycles. The average molecular weight is 258 g/mol. The molecule has 1 aliphatic rings. The molecule has 1 atom stereocenters. The van der Waals surface area contributed by atoms with Gasteiger partial charge in [0.05, 0.1) is 0 Å². The van der Waals surface area contributed by atoms with Gasteiger partial charge in [0.1, 0.15) is 0 Å². The lowest BCUT2D eigenvalue weighted by atomic mass is 9.77. The van der Waals surface area contributed by atoms with E-state index < -0.39 is 0 Å². The number of rotatable bonds is 4. The largest absolute Gasteiger partial charge is 0.384 e. The first kappa shape index (κ1) is 11.6. The normalized spacial score (nSPS) is 16.8. The van der Waals surface area contributed by atoms with Gasteiger partial charge in [0, 0.05) is 24.0 Å². The van der Waals surface area contributed by atoms with Crippen LogP contribution in [-0.4, -0.2) is 6.54 Å². The van der Waals surface area contributed by atoms with E-state index in [2.05, 4.69) is 41.7 Å². The first-order chi connectivity index (χ1) is 8.88. The summed E-state index contributed by atoms with van der Waals surface area (Å²) in [6.45, 7) is 0.991. The molecule has 2 aromatic rings. The zero-order valence-electron chi connectivity index (χ0n) is 10.2. The quantitative estimate of drug-likeness (QED) is 0.811. The van der Waals surface area contributed by atoms with E-state index in [1.54, 1.807) is 0 Å². The van der Waals surface area contributed by atoms with E-state index in [0.29, 0.717) is 11.8 Å². The minimum Gasteiger partial charge on any atom is -0.384 e. The third-order valence-corrected chi connectivity index (χ3v) is 3.95. The van der Waals surface area contributed by atoms with Gasteiger partial charge < -0.3 is 5.32 Å². The Hall–Kier alpha value is -1.47. The number of hydrogen-bond donors (Lipinski definition) is 1. The standard InChI is InChI=1S/C16H16ClN/c17-10-13-6-2-4-8-16(13)18-11-14-9-12-5-1-3-7-15(12)14/h1-8,14,18H,9-11H2. The van der Waals surface area contributed by atoms with Crippen LogP contribution in [-0.2, 0) is 12.3 Å². The molecule has 1 nitrogen and oxygen atoms in total. The van der Waals surface area contributed by atoms with E-state index in [1.807, 2.05) is 12.1 Å². The fourth-order valence-electron chi connectivity index (χ4n) is 2.59. The van der Waals surface area contributed by atoms with Crippen molar-refractivity contribution in [3.8, 4) is 0 Å². The summed E-state index contributed by atoms with van der Waals surface area (Å²) in [7, 11) is 0. The second-order valence-electron chi connectivity index (χ2n) is 4.77. The molecule has 0 spiro atoms. The molecular formula is C16H16ClN. The summed E-state index contributed by atoms with van der Waals surface area (Å²) in [4.78, 5) is 0. The predicted molar refractivity (Wildman–Crippen MR) is 77.4 cm³/mol. The maximum atomic E-state index is 5.94. The highest BCUT2D eigenvalue weighted by Crippen LogP contribution is 2.35. The highest BCUT2D eigenvalue weighted by atomic mass is 35.5. The number of hydrogen-bond acceptors (Lipinski definition) is 1. The second-order valence-corrected chi connectivity index (χ2v) is 5.04. The van der Waals surface area contributed by atoms with Crippen LogP contribution in [0.25, 0.3) is 0 Å². The average Bonchev–Trinajstić information content (AvgIpc) is 2.40. The molecule has 0 saturated heterocycles. The minimum absolute atomic E-state index is 0.560. The Morgan fingerprint density at radius 3 is 2.67 bits per heavy atom. The van der Waals surface area contributed by atoms with Crippen molar-refractivity contribution in [1.82, 2.24) is 0 Å². The van der Waals surface area contributed by atoms with Crippen LogP contribution in [0.1, 0.15) is 22.6 Å². The maximum Gasteiger partial charge on any atom is 0.0494 e. The van der Waals surface area contributed by atoms with Gasteiger partial charge in [-0.05, 0) is 29.2 Å². The van der Waals surface area contributed by atoms with Crippen LogP contribution in [0, 0.1) is 0 Å². The van der Waals surface area contributed by atoms with Crippen LogP contribution >= 0.6 is 11.6 Å². The molecule has 0 saturated carbocycles. The van der Waals surface area contributed by atoms with Crippen molar-refractivity contribution in [2.75, 3.05) is 11.9 Å². The Morgan fingerprint density at radius 1 is 1.06 bits per heavy atom. The number of alkyl halides is 1. The van der Waals surface area contributed by atoms with E-state index in [9.17, 15) is 0 Å². The number of anilines is 1. The predicted octanol–water partition coefficient (Wildman–Crippen LogP) is 4.18. The van der Waals surface area contributed by atoms with Crippen molar-refractivity contribution in [3.05, 3.63) is 65.2 Å². The molecule has 0 radical (unpaired) electrons. The van der Waals surface area contributed by atoms with Crippen LogP contribution in [0.15, 0.2) is 48.5 Å². The Labute approximate surface area is 113 Å². The number of fused-ring (bicyclic) bond motifs is 1. The van der Waals surface area contributed by atoms with Gasteiger partial charge in [-0.25, -0.2) is 0 Å². The highest BCUT2D eigenvalue weighted by molar-refractivity contribution is 6.17. The topological polar surface area (TPSA) is 12.0 Å². The van der Waals surface area contributed by atoms with Crippen molar-refractivity contribution in [3.63, 3.8) is 0 Å². The number of benzene rings is 2. The van der Waals surface area contributed by atoms with Crippen LogP contribution in [0.2, 0.25) is 0 Å². The summed E-state index contributed by atoms with van der Waals surface area (Å²) in [5, 5.41) is 3.52. The van der Waals surface area contributed by atoms with Crippen LogP contribution < -0.4 is 5.32 Å².